The average molecular weight is 1660 g/mol. The van der Waals surface area contributed by atoms with E-state index in [4.69, 9.17) is 15.0 Å². The zero-order valence-corrected chi connectivity index (χ0v) is 59.9. The van der Waals surface area contributed by atoms with Crippen LogP contribution in [0.25, 0.3) is 133 Å². The quantitative estimate of drug-likeness (QED) is 0.154. The Balaban J connectivity index is 0.000000139. The van der Waals surface area contributed by atoms with Crippen LogP contribution in [0.5, 0.6) is 0 Å². The van der Waals surface area contributed by atoms with E-state index < -0.39 is 0 Å². The first-order chi connectivity index (χ1) is 48.7. The zero-order valence-electron chi connectivity index (χ0n) is 55.3. The second kappa shape index (κ2) is 23.2. The first-order valence-electron chi connectivity index (χ1n) is 33.8. The van der Waals surface area contributed by atoms with Crippen molar-refractivity contribution in [3.63, 3.8) is 0 Å². The third-order valence-electron chi connectivity index (χ3n) is 21.2. The number of anilines is 6. The van der Waals surface area contributed by atoms with Crippen LogP contribution in [0.3, 0.4) is 0 Å². The van der Waals surface area contributed by atoms with Gasteiger partial charge < -0.3 is 37.9 Å². The van der Waals surface area contributed by atoms with Gasteiger partial charge in [0.25, 0.3) is 0 Å². The average Bonchev–Trinajstić information content (AvgIpc) is 1.57. The first-order valence-corrected chi connectivity index (χ1v) is 33.8. The zero-order chi connectivity index (χ0) is 65.5. The Morgan fingerprint density at radius 2 is 0.762 bits per heavy atom. The number of rotatable bonds is 6. The van der Waals surface area contributed by atoms with Crippen LogP contribution in [0, 0.1) is 37.6 Å². The molecule has 13 heteroatoms. The molecule has 101 heavy (non-hydrogen) atoms. The van der Waals surface area contributed by atoms with Crippen molar-refractivity contribution < 1.29 is 42.1 Å². The molecule has 5 aliphatic rings. The number of aromatic nitrogens is 7. The molecule has 492 valence electrons. The Morgan fingerprint density at radius 3 is 1.28 bits per heavy atom. The van der Waals surface area contributed by atoms with Crippen LogP contribution in [-0.2, 0) is 75.5 Å². The van der Waals surface area contributed by atoms with Crippen LogP contribution >= 0.6 is 0 Å². The van der Waals surface area contributed by atoms with Gasteiger partial charge in [0.1, 0.15) is 5.65 Å². The number of benzene rings is 12. The molecule has 11 nitrogen and oxygen atoms in total. The Hall–Kier alpha value is -11.1. The third-order valence-corrected chi connectivity index (χ3v) is 21.2. The Labute approximate surface area is 613 Å². The van der Waals surface area contributed by atoms with Crippen LogP contribution in [0.15, 0.2) is 237 Å². The van der Waals surface area contributed by atoms with E-state index in [2.05, 4.69) is 328 Å². The molecule has 22 rings (SSSR count). The maximum absolute atomic E-state index is 5.27. The Kier molecular flexibility index (Phi) is 14.0. The topological polar surface area (TPSA) is 71.3 Å². The maximum Gasteiger partial charge on any atom is 0.132 e. The number of pyridine rings is 1. The molecule has 0 amide bonds. The van der Waals surface area contributed by atoms with Crippen molar-refractivity contribution in [2.24, 2.45) is 14.1 Å². The van der Waals surface area contributed by atoms with Crippen LogP contribution in [0.4, 0.5) is 34.1 Å². The number of nitrogens with zero attached hydrogens (tertiary/aromatic N) is 11. The molecule has 0 saturated heterocycles. The van der Waals surface area contributed by atoms with Gasteiger partial charge in [-0.1, -0.05) is 131 Å². The van der Waals surface area contributed by atoms with E-state index in [1.807, 2.05) is 12.3 Å². The summed E-state index contributed by atoms with van der Waals surface area (Å²) in [6.07, 6.45) is 4.70. The van der Waals surface area contributed by atoms with Gasteiger partial charge in [-0.15, -0.1) is 95.3 Å². The van der Waals surface area contributed by atoms with Gasteiger partial charge in [-0.25, -0.2) is 4.98 Å². The summed E-state index contributed by atoms with van der Waals surface area (Å²) in [5, 5.41) is 4.56. The minimum atomic E-state index is 0. The first kappa shape index (κ1) is 61.0. The van der Waals surface area contributed by atoms with E-state index >= 15 is 0 Å². The van der Waals surface area contributed by atoms with E-state index in [0.29, 0.717) is 0 Å². The summed E-state index contributed by atoms with van der Waals surface area (Å²) in [4.78, 5) is 24.0. The van der Waals surface area contributed by atoms with Gasteiger partial charge in [-0.2, -0.15) is 25.5 Å². The molecule has 0 spiro atoms. The molecule has 0 saturated carbocycles. The summed E-state index contributed by atoms with van der Waals surface area (Å²) in [5.74, 6) is 1.80. The van der Waals surface area contributed by atoms with Crippen molar-refractivity contribution in [3.8, 4) is 67.5 Å². The van der Waals surface area contributed by atoms with Crippen LogP contribution in [0.1, 0.15) is 33.4 Å². The van der Waals surface area contributed by atoms with Crippen LogP contribution in [0.2, 0.25) is 0 Å². The predicted octanol–water partition coefficient (Wildman–Crippen LogP) is 19.4. The summed E-state index contributed by atoms with van der Waals surface area (Å²) in [6.45, 7) is 4.25. The fourth-order valence-corrected chi connectivity index (χ4v) is 16.5. The standard InChI is InChI=1S/C48H32N5.C40H27N6.2Pt/c1-50-28-52(44-17-8-7-16-43(44)50)34-12-9-13-35(25-34)53-45-22-31(18-19-38(45)41-26-39-32(23-46(41)53)20-29-10-3-5-14-36(29)39)48-49-42-27-40-33(24-47(42)51(48)2)21-30-11-4-6-15-37(30)40;1-43-24-45(36-15-6-5-14-35(36)43)28-10-7-11-29(22-28)46-37-20-26(16-17-31(37)32-13-8-18-41-40(32)46)39-42-34-23-33-27(21-38(34)44(39)2)19-25-9-3-4-12-30(25)33;;/h3-19,23-24,26-28H,20-21H2,1-2H3;3-18,21,23-24H,19H2,1-2H3;;/q2*-3;;. The summed E-state index contributed by atoms with van der Waals surface area (Å²) in [5.41, 5.74) is 34.8. The molecule has 5 aromatic heterocycles. The minimum absolute atomic E-state index is 0. The predicted molar refractivity (Wildman–Crippen MR) is 401 cm³/mol. The van der Waals surface area contributed by atoms with E-state index in [0.717, 1.165) is 137 Å². The second-order valence-electron chi connectivity index (χ2n) is 26.8. The second-order valence-corrected chi connectivity index (χ2v) is 26.8. The molecule has 0 fully saturated rings. The Morgan fingerprint density at radius 1 is 0.337 bits per heavy atom. The summed E-state index contributed by atoms with van der Waals surface area (Å²) < 4.78 is 8.97. The van der Waals surface area contributed by atoms with Gasteiger partial charge in [0.15, 0.2) is 0 Å². The summed E-state index contributed by atoms with van der Waals surface area (Å²) >= 11 is 0. The van der Waals surface area contributed by atoms with Crippen LogP contribution in [-0.4, -0.2) is 47.3 Å². The largest absolute Gasteiger partial charge is 0.504 e. The minimum Gasteiger partial charge on any atom is -0.504 e. The van der Waals surface area contributed by atoms with Gasteiger partial charge in [-0.3, -0.25) is 9.97 Å². The van der Waals surface area contributed by atoms with Crippen LogP contribution < -0.4 is 19.6 Å². The molecule has 0 N–H and O–H groups in total. The smallest absolute Gasteiger partial charge is 0.132 e. The maximum atomic E-state index is 5.27. The van der Waals surface area contributed by atoms with E-state index in [1.165, 1.54) is 83.2 Å². The molecular formula is C88H59N11Pt2-6. The number of hydrogen-bond donors (Lipinski definition) is 0. The van der Waals surface area contributed by atoms with Gasteiger partial charge in [0.2, 0.25) is 0 Å². The van der Waals surface area contributed by atoms with Crippen molar-refractivity contribution in [2.75, 3.05) is 33.7 Å². The third kappa shape index (κ3) is 9.29. The van der Waals surface area contributed by atoms with E-state index in [1.54, 1.807) is 0 Å². The van der Waals surface area contributed by atoms with Crippen molar-refractivity contribution in [2.45, 2.75) is 19.3 Å². The Bertz CT molecular complexity index is 6350. The van der Waals surface area contributed by atoms with Crippen molar-refractivity contribution in [1.82, 2.24) is 33.2 Å². The summed E-state index contributed by atoms with van der Waals surface area (Å²) in [6, 6.07) is 98.0. The molecule has 12 aromatic carbocycles. The van der Waals surface area contributed by atoms with E-state index in [9.17, 15) is 0 Å². The molecule has 3 aliphatic carbocycles. The summed E-state index contributed by atoms with van der Waals surface area (Å²) in [7, 11) is 8.41. The molecule has 2 aliphatic heterocycles. The van der Waals surface area contributed by atoms with E-state index in [-0.39, 0.29) is 42.1 Å². The molecular weight excluding hydrogens is 1600 g/mol. The number of hydrogen-bond acceptors (Lipinski definition) is 7. The number of aryl methyl sites for hydroxylation is 2. The van der Waals surface area contributed by atoms with Gasteiger partial charge in [0, 0.05) is 90.7 Å². The number of fused-ring (bicyclic) bond motifs is 19. The normalized spacial score (nSPS) is 13.5. The molecule has 0 atom stereocenters. The SMILES string of the molecule is CN1[CH-]N(c2[c-]c(-n3c4[c-]c(-c5nc6cc7c(cc6n5C)Cc5ccccc5-7)ccc4c4cc5c(cc43)Cc3ccccc3-5)ccc2)c2ccccc21.CN1[CH-]N(c2[c-]c(-n3c4[c-]c(-c5nc6cc7c(cc6n5C)Cc5ccccc5-7)ccc4c4cccnc43)ccc2)c2ccccc21.[Pt].[Pt]. The number of para-hydroxylation sites is 4. The molecule has 0 radical (unpaired) electrons. The van der Waals surface area contributed by atoms with Crippen molar-refractivity contribution in [3.05, 3.63) is 308 Å². The van der Waals surface area contributed by atoms with Gasteiger partial charge in [-0.05, 0) is 183 Å². The van der Waals surface area contributed by atoms with Gasteiger partial charge in [0.05, 0.1) is 33.7 Å². The van der Waals surface area contributed by atoms with Crippen molar-refractivity contribution in [1.29, 1.82) is 0 Å². The molecule has 0 bridgehead atoms. The molecule has 7 heterocycles. The van der Waals surface area contributed by atoms with Gasteiger partial charge >= 0.3 is 0 Å². The molecule has 17 aromatic rings. The number of imidazole rings is 2. The fraction of sp³-hybridized carbons (Fsp3) is 0.0795. The molecule has 0 unspecified atom stereocenters. The van der Waals surface area contributed by atoms with Crippen molar-refractivity contribution >= 4 is 99.9 Å². The monoisotopic (exact) mass is 1660 g/mol. The fourth-order valence-electron chi connectivity index (χ4n) is 16.5.